The molecule has 2 aromatic heterocycles. The van der Waals surface area contributed by atoms with Crippen LogP contribution < -0.4 is 24.4 Å². The van der Waals surface area contributed by atoms with Crippen LogP contribution in [0.1, 0.15) is 22.9 Å². The molecule has 1 unspecified atom stereocenters. The summed E-state index contributed by atoms with van der Waals surface area (Å²) in [5, 5.41) is 1.08. The van der Waals surface area contributed by atoms with E-state index in [-0.39, 0.29) is 22.4 Å². The van der Waals surface area contributed by atoms with Gasteiger partial charge in [-0.25, -0.2) is 9.38 Å². The van der Waals surface area contributed by atoms with Crippen molar-refractivity contribution in [2.75, 3.05) is 6.79 Å². The number of hydrogen-bond acceptors (Lipinski definition) is 6. The van der Waals surface area contributed by atoms with E-state index in [9.17, 15) is 9.18 Å². The van der Waals surface area contributed by atoms with Crippen LogP contribution in [-0.2, 0) is 0 Å². The van der Waals surface area contributed by atoms with Crippen molar-refractivity contribution < 1.29 is 18.3 Å². The van der Waals surface area contributed by atoms with E-state index >= 15 is 0 Å². The number of hydrogen-bond donors (Lipinski definition) is 0. The predicted octanol–water partition coefficient (Wildman–Crippen LogP) is 7.74. The highest BCUT2D eigenvalue weighted by molar-refractivity contribution is 7.07. The molecule has 3 aromatic carbocycles. The number of aromatic nitrogens is 1. The Bertz CT molecular complexity index is 2140. The molecule has 0 saturated heterocycles. The van der Waals surface area contributed by atoms with Gasteiger partial charge in [0.1, 0.15) is 17.3 Å². The van der Waals surface area contributed by atoms with Crippen LogP contribution in [0, 0.1) is 5.82 Å². The highest BCUT2D eigenvalue weighted by Crippen LogP contribution is 2.38. The normalized spacial score (nSPS) is 15.9. The van der Waals surface area contributed by atoms with E-state index < -0.39 is 11.9 Å². The van der Waals surface area contributed by atoms with Gasteiger partial charge in [-0.2, -0.15) is 0 Å². The fraction of sp³-hybridized carbons (Fsp3) is 0.0667. The molecular weight excluding hydrogens is 645 g/mol. The Morgan fingerprint density at radius 1 is 0.905 bits per heavy atom. The molecule has 0 amide bonds. The zero-order chi connectivity index (χ0) is 29.1. The first kappa shape index (κ1) is 27.3. The molecule has 5 aromatic rings. The van der Waals surface area contributed by atoms with Crippen LogP contribution in [-0.4, -0.2) is 11.4 Å². The zero-order valence-corrected chi connectivity index (χ0v) is 24.9. The monoisotopic (exact) mass is 658 g/mol. The van der Waals surface area contributed by atoms with Gasteiger partial charge in [-0.05, 0) is 66.2 Å². The largest absolute Gasteiger partial charge is 0.457 e. The van der Waals surface area contributed by atoms with Crippen molar-refractivity contribution >= 4 is 69.5 Å². The molecule has 0 fully saturated rings. The summed E-state index contributed by atoms with van der Waals surface area (Å²) in [6.45, 7) is 0.106. The molecule has 6 nitrogen and oxygen atoms in total. The zero-order valence-electron chi connectivity index (χ0n) is 21.0. The number of halogens is 5. The molecule has 1 atom stereocenters. The van der Waals surface area contributed by atoms with E-state index in [0.29, 0.717) is 59.2 Å². The molecule has 2 aliphatic rings. The maximum atomic E-state index is 14.5. The lowest BCUT2D eigenvalue weighted by molar-refractivity contribution is 0.174. The first-order valence-corrected chi connectivity index (χ1v) is 14.7. The van der Waals surface area contributed by atoms with Crippen LogP contribution in [0.4, 0.5) is 4.39 Å². The summed E-state index contributed by atoms with van der Waals surface area (Å²) in [6, 6.07) is 16.0. The summed E-state index contributed by atoms with van der Waals surface area (Å²) in [6.07, 6.45) is 3.40. The van der Waals surface area contributed by atoms with Crippen molar-refractivity contribution in [3.8, 4) is 22.8 Å². The molecule has 0 saturated carbocycles. The summed E-state index contributed by atoms with van der Waals surface area (Å²) in [5.41, 5.74) is 1.86. The number of thiazole rings is 1. The third-order valence-electron chi connectivity index (χ3n) is 6.77. The van der Waals surface area contributed by atoms with Crippen LogP contribution >= 0.6 is 57.7 Å². The third-order valence-corrected chi connectivity index (χ3v) is 8.90. The molecule has 42 heavy (non-hydrogen) atoms. The number of nitrogens with zero attached hydrogens (tertiary/aromatic N) is 2. The maximum Gasteiger partial charge on any atom is 0.271 e. The van der Waals surface area contributed by atoms with Gasteiger partial charge in [-0.15, -0.1) is 0 Å². The fourth-order valence-electron chi connectivity index (χ4n) is 4.78. The molecule has 4 heterocycles. The molecule has 12 heteroatoms. The smallest absolute Gasteiger partial charge is 0.271 e. The average molecular weight is 660 g/mol. The van der Waals surface area contributed by atoms with Crippen molar-refractivity contribution in [2.45, 2.75) is 6.04 Å². The number of benzene rings is 3. The molecule has 0 bridgehead atoms. The van der Waals surface area contributed by atoms with Crippen LogP contribution in [0.3, 0.4) is 0 Å². The Balaban J connectivity index is 1.38. The Labute approximate surface area is 261 Å². The van der Waals surface area contributed by atoms with Crippen molar-refractivity contribution in [2.24, 2.45) is 4.99 Å². The van der Waals surface area contributed by atoms with E-state index in [4.69, 9.17) is 65.3 Å². The van der Waals surface area contributed by atoms with Crippen molar-refractivity contribution in [1.29, 1.82) is 0 Å². The quantitative estimate of drug-likeness (QED) is 0.185. The second-order valence-corrected chi connectivity index (χ2v) is 12.0. The van der Waals surface area contributed by atoms with E-state index in [1.807, 2.05) is 12.1 Å². The molecule has 0 aliphatic carbocycles. The van der Waals surface area contributed by atoms with E-state index in [1.54, 1.807) is 53.1 Å². The van der Waals surface area contributed by atoms with Gasteiger partial charge in [-0.3, -0.25) is 9.36 Å². The minimum Gasteiger partial charge on any atom is -0.457 e. The van der Waals surface area contributed by atoms with Crippen LogP contribution in [0.2, 0.25) is 20.1 Å². The molecule has 0 N–H and O–H groups in total. The van der Waals surface area contributed by atoms with Crippen LogP contribution in [0.25, 0.3) is 23.1 Å². The number of rotatable bonds is 4. The van der Waals surface area contributed by atoms with Gasteiger partial charge in [0, 0.05) is 22.2 Å². The Hall–Kier alpha value is -3.53. The Kier molecular flexibility index (Phi) is 6.91. The first-order chi connectivity index (χ1) is 20.2. The van der Waals surface area contributed by atoms with Crippen molar-refractivity contribution in [3.63, 3.8) is 0 Å². The minimum atomic E-state index is -0.635. The molecule has 210 valence electrons. The number of furan rings is 1. The lowest BCUT2D eigenvalue weighted by Gasteiger charge is -2.20. The first-order valence-electron chi connectivity index (χ1n) is 12.4. The van der Waals surface area contributed by atoms with E-state index in [0.717, 1.165) is 5.56 Å². The minimum absolute atomic E-state index is 0.102. The van der Waals surface area contributed by atoms with Gasteiger partial charge in [0.05, 0.1) is 31.3 Å². The van der Waals surface area contributed by atoms with Crippen molar-refractivity contribution in [1.82, 2.24) is 4.57 Å². The highest BCUT2D eigenvalue weighted by atomic mass is 35.5. The lowest BCUT2D eigenvalue weighted by atomic mass is 10.0. The summed E-state index contributed by atoms with van der Waals surface area (Å²) >= 11 is 25.9. The second kappa shape index (κ2) is 10.6. The van der Waals surface area contributed by atoms with Gasteiger partial charge in [0.25, 0.3) is 5.56 Å². The maximum absolute atomic E-state index is 14.5. The number of allylic oxidation sites excluding steroid dienone is 1. The molecule has 7 rings (SSSR count). The third kappa shape index (κ3) is 4.83. The van der Waals surface area contributed by atoms with Gasteiger partial charge >= 0.3 is 0 Å². The standard InChI is InChI=1S/C30H15Cl4FN2O4S/c31-15-2-4-17(19(32)8-15)25-6-3-16(41-25)9-28-29(38)37-24(14-1-5-26-27(7-14)40-13-39-26)12-23(36-30(37)42-28)18-10-22(35)21(34)11-20(18)33/h1-12,24H,13H2/b28-9-. The Morgan fingerprint density at radius 3 is 2.55 bits per heavy atom. The molecule has 2 aliphatic heterocycles. The highest BCUT2D eigenvalue weighted by Gasteiger charge is 2.26. The van der Waals surface area contributed by atoms with Crippen LogP contribution in [0.5, 0.6) is 11.5 Å². The molecular formula is C30H15Cl4FN2O4S. The summed E-state index contributed by atoms with van der Waals surface area (Å²) < 4.78 is 33.5. The van der Waals surface area contributed by atoms with Gasteiger partial charge in [-0.1, -0.05) is 63.8 Å². The summed E-state index contributed by atoms with van der Waals surface area (Å²) in [7, 11) is 0. The lowest BCUT2D eigenvalue weighted by Crippen LogP contribution is -2.36. The van der Waals surface area contributed by atoms with E-state index in [2.05, 4.69) is 0 Å². The van der Waals surface area contributed by atoms with Gasteiger partial charge < -0.3 is 13.9 Å². The van der Waals surface area contributed by atoms with E-state index in [1.165, 1.54) is 23.5 Å². The fourth-order valence-corrected chi connectivity index (χ4v) is 6.76. The SMILES string of the molecule is O=c1/c(=C/c2ccc(-c3ccc(Cl)cc3Cl)o2)sc2n1C(c1ccc3c(c1)OCO3)C=C(c1cc(F)c(Cl)cc1Cl)N=2. The van der Waals surface area contributed by atoms with Gasteiger partial charge in [0.2, 0.25) is 6.79 Å². The Morgan fingerprint density at radius 2 is 1.71 bits per heavy atom. The number of fused-ring (bicyclic) bond motifs is 2. The number of ether oxygens (including phenoxy) is 2. The predicted molar refractivity (Wildman–Crippen MR) is 162 cm³/mol. The van der Waals surface area contributed by atoms with Crippen molar-refractivity contribution in [3.05, 3.63) is 129 Å². The average Bonchev–Trinajstić information content (AvgIpc) is 3.69. The van der Waals surface area contributed by atoms with Crippen LogP contribution in [0.15, 0.2) is 80.9 Å². The second-order valence-electron chi connectivity index (χ2n) is 9.36. The summed E-state index contributed by atoms with van der Waals surface area (Å²) in [4.78, 5) is 18.9. The topological polar surface area (TPSA) is 66.0 Å². The van der Waals surface area contributed by atoms with Gasteiger partial charge in [0.15, 0.2) is 16.3 Å². The molecule has 0 radical (unpaired) electrons. The molecule has 0 spiro atoms. The summed E-state index contributed by atoms with van der Waals surface area (Å²) in [5.74, 6) is 1.50.